The number of benzene rings is 1. The maximum atomic E-state index is 5.89. The molecule has 1 aliphatic rings. The number of epoxide rings is 1. The van der Waals surface area contributed by atoms with Crippen LogP contribution in [-0.4, -0.2) is 19.3 Å². The van der Waals surface area contributed by atoms with Crippen LogP contribution in [0.1, 0.15) is 70.3 Å². The van der Waals surface area contributed by atoms with Crippen molar-refractivity contribution in [3.8, 4) is 5.75 Å². The smallest absolute Gasteiger partial charge is 0.122 e. The first kappa shape index (κ1) is 20.8. The first-order chi connectivity index (χ1) is 12.9. The molecule has 1 atom stereocenters. The summed E-state index contributed by atoms with van der Waals surface area (Å²) in [6.07, 6.45) is 22.0. The third kappa shape index (κ3) is 9.82. The van der Waals surface area contributed by atoms with E-state index in [-0.39, 0.29) is 0 Å². The molecule has 144 valence electrons. The van der Waals surface area contributed by atoms with Gasteiger partial charge < -0.3 is 9.47 Å². The van der Waals surface area contributed by atoms with E-state index in [1.165, 1.54) is 56.9 Å². The molecule has 2 heteroatoms. The molecular formula is C24H36O2. The van der Waals surface area contributed by atoms with Crippen molar-refractivity contribution in [3.63, 3.8) is 0 Å². The van der Waals surface area contributed by atoms with Crippen LogP contribution in [0.15, 0.2) is 48.6 Å². The van der Waals surface area contributed by atoms with Crippen LogP contribution >= 0.6 is 0 Å². The molecule has 1 aromatic rings. The van der Waals surface area contributed by atoms with Gasteiger partial charge in [-0.1, -0.05) is 75.1 Å². The van der Waals surface area contributed by atoms with Crippen molar-refractivity contribution in [3.05, 3.63) is 54.1 Å². The predicted octanol–water partition coefficient (Wildman–Crippen LogP) is 6.65. The van der Waals surface area contributed by atoms with Crippen LogP contribution in [0.3, 0.4) is 0 Å². The normalized spacial score (nSPS) is 16.6. The van der Waals surface area contributed by atoms with Crippen molar-refractivity contribution in [1.82, 2.24) is 0 Å². The number of hydrogen-bond acceptors (Lipinski definition) is 2. The summed E-state index contributed by atoms with van der Waals surface area (Å²) < 4.78 is 11.1. The van der Waals surface area contributed by atoms with E-state index in [1.54, 1.807) is 0 Å². The Hall–Kier alpha value is -1.54. The Balaban J connectivity index is 1.47. The van der Waals surface area contributed by atoms with Crippen molar-refractivity contribution < 1.29 is 9.47 Å². The fourth-order valence-electron chi connectivity index (χ4n) is 2.98. The lowest BCUT2D eigenvalue weighted by Crippen LogP contribution is -2.05. The number of ether oxygens (including phenoxy) is 2. The standard InChI is InChI=1S/C24H36O2/c1-2-3-4-5-6-7-8-9-10-11-12-13-14-17-22-18-15-16-19-24(22)26-21-23-20-25-23/h4-5,7-8,15-16,18-19,23H,2-3,6,9-14,17,20-21H2,1H3. The third-order valence-corrected chi connectivity index (χ3v) is 4.68. The van der Waals surface area contributed by atoms with E-state index in [2.05, 4.69) is 55.5 Å². The summed E-state index contributed by atoms with van der Waals surface area (Å²) in [5.41, 5.74) is 1.34. The van der Waals surface area contributed by atoms with Crippen LogP contribution in [0.4, 0.5) is 0 Å². The van der Waals surface area contributed by atoms with Crippen LogP contribution < -0.4 is 4.74 Å². The molecule has 1 unspecified atom stereocenters. The van der Waals surface area contributed by atoms with Crippen molar-refractivity contribution in [1.29, 1.82) is 0 Å². The zero-order valence-electron chi connectivity index (χ0n) is 16.5. The molecule has 2 nitrogen and oxygen atoms in total. The van der Waals surface area contributed by atoms with E-state index < -0.39 is 0 Å². The molecule has 2 rings (SSSR count). The maximum absolute atomic E-state index is 5.89. The monoisotopic (exact) mass is 356 g/mol. The van der Waals surface area contributed by atoms with Crippen molar-refractivity contribution >= 4 is 0 Å². The predicted molar refractivity (Wildman–Crippen MR) is 111 cm³/mol. The molecular weight excluding hydrogens is 320 g/mol. The van der Waals surface area contributed by atoms with Gasteiger partial charge in [0.25, 0.3) is 0 Å². The molecule has 1 heterocycles. The van der Waals surface area contributed by atoms with Crippen LogP contribution in [0.2, 0.25) is 0 Å². The van der Waals surface area contributed by atoms with Gasteiger partial charge in [-0.25, -0.2) is 0 Å². The van der Waals surface area contributed by atoms with Gasteiger partial charge in [0.1, 0.15) is 18.5 Å². The largest absolute Gasteiger partial charge is 0.491 e. The summed E-state index contributed by atoms with van der Waals surface area (Å²) in [6.45, 7) is 3.77. The maximum Gasteiger partial charge on any atom is 0.122 e. The molecule has 0 aromatic heterocycles. The Morgan fingerprint density at radius 2 is 1.69 bits per heavy atom. The zero-order valence-corrected chi connectivity index (χ0v) is 16.5. The summed E-state index contributed by atoms with van der Waals surface area (Å²) in [7, 11) is 0. The van der Waals surface area contributed by atoms with E-state index in [0.29, 0.717) is 12.7 Å². The van der Waals surface area contributed by atoms with Gasteiger partial charge in [-0.2, -0.15) is 0 Å². The highest BCUT2D eigenvalue weighted by Gasteiger charge is 2.23. The minimum absolute atomic E-state index is 0.324. The zero-order chi connectivity index (χ0) is 18.3. The highest BCUT2D eigenvalue weighted by atomic mass is 16.6. The van der Waals surface area contributed by atoms with Gasteiger partial charge in [-0.3, -0.25) is 0 Å². The Morgan fingerprint density at radius 1 is 0.962 bits per heavy atom. The summed E-state index contributed by atoms with van der Waals surface area (Å²) in [5, 5.41) is 0. The minimum Gasteiger partial charge on any atom is -0.491 e. The quantitative estimate of drug-likeness (QED) is 0.199. The summed E-state index contributed by atoms with van der Waals surface area (Å²) in [5.74, 6) is 1.04. The van der Waals surface area contributed by atoms with Crippen molar-refractivity contribution in [2.75, 3.05) is 13.2 Å². The van der Waals surface area contributed by atoms with Crippen LogP contribution in [-0.2, 0) is 11.2 Å². The van der Waals surface area contributed by atoms with Crippen LogP contribution in [0, 0.1) is 0 Å². The van der Waals surface area contributed by atoms with Crippen molar-refractivity contribution in [2.24, 2.45) is 0 Å². The summed E-state index contributed by atoms with van der Waals surface area (Å²) >= 11 is 0. The molecule has 0 amide bonds. The highest BCUT2D eigenvalue weighted by molar-refractivity contribution is 5.33. The van der Waals surface area contributed by atoms with Crippen LogP contribution in [0.5, 0.6) is 5.75 Å². The molecule has 1 saturated heterocycles. The molecule has 0 saturated carbocycles. The van der Waals surface area contributed by atoms with Crippen molar-refractivity contribution in [2.45, 2.75) is 77.2 Å². The number of hydrogen-bond donors (Lipinski definition) is 0. The van der Waals surface area contributed by atoms with E-state index in [0.717, 1.165) is 25.2 Å². The topological polar surface area (TPSA) is 21.8 Å². The molecule has 0 N–H and O–H groups in total. The van der Waals surface area contributed by atoms with Gasteiger partial charge in [-0.05, 0) is 50.2 Å². The number of rotatable bonds is 15. The fraction of sp³-hybridized carbons (Fsp3) is 0.583. The second kappa shape index (κ2) is 13.6. The molecule has 0 spiro atoms. The summed E-state index contributed by atoms with van der Waals surface area (Å²) in [4.78, 5) is 0. The number of para-hydroxylation sites is 1. The SMILES string of the molecule is CCCC=CCC=CCCCCCCCc1ccccc1OCC1CO1. The van der Waals surface area contributed by atoms with E-state index in [1.807, 2.05) is 0 Å². The number of unbranched alkanes of at least 4 members (excludes halogenated alkanes) is 6. The fourth-order valence-corrected chi connectivity index (χ4v) is 2.98. The Bertz CT molecular complexity index is 529. The Kier molecular flexibility index (Phi) is 10.9. The Labute approximate surface area is 160 Å². The van der Waals surface area contributed by atoms with Gasteiger partial charge in [0, 0.05) is 0 Å². The van der Waals surface area contributed by atoms with Crippen LogP contribution in [0.25, 0.3) is 0 Å². The molecule has 1 aliphatic heterocycles. The first-order valence-corrected chi connectivity index (χ1v) is 10.5. The number of allylic oxidation sites excluding steroid dienone is 4. The van der Waals surface area contributed by atoms with Gasteiger partial charge in [-0.15, -0.1) is 0 Å². The second-order valence-corrected chi connectivity index (χ2v) is 7.15. The molecule has 26 heavy (non-hydrogen) atoms. The molecule has 0 bridgehead atoms. The Morgan fingerprint density at radius 3 is 2.50 bits per heavy atom. The molecule has 1 fully saturated rings. The van der Waals surface area contributed by atoms with Gasteiger partial charge in [0.2, 0.25) is 0 Å². The molecule has 1 aromatic carbocycles. The third-order valence-electron chi connectivity index (χ3n) is 4.68. The van der Waals surface area contributed by atoms with Gasteiger partial charge in [0.05, 0.1) is 6.61 Å². The van der Waals surface area contributed by atoms with Gasteiger partial charge >= 0.3 is 0 Å². The van der Waals surface area contributed by atoms with E-state index >= 15 is 0 Å². The average molecular weight is 357 g/mol. The first-order valence-electron chi connectivity index (χ1n) is 10.5. The number of aryl methyl sites for hydroxylation is 1. The molecule has 0 aliphatic carbocycles. The lowest BCUT2D eigenvalue weighted by Gasteiger charge is -2.10. The summed E-state index contributed by atoms with van der Waals surface area (Å²) in [6, 6.07) is 8.45. The van der Waals surface area contributed by atoms with Gasteiger partial charge in [0.15, 0.2) is 0 Å². The second-order valence-electron chi connectivity index (χ2n) is 7.15. The highest BCUT2D eigenvalue weighted by Crippen LogP contribution is 2.22. The lowest BCUT2D eigenvalue weighted by molar-refractivity contribution is 0.261. The lowest BCUT2D eigenvalue weighted by atomic mass is 10.0. The van der Waals surface area contributed by atoms with E-state index in [4.69, 9.17) is 9.47 Å². The van der Waals surface area contributed by atoms with E-state index in [9.17, 15) is 0 Å². The average Bonchev–Trinajstić information content (AvgIpc) is 3.49. The molecule has 0 radical (unpaired) electrons. The minimum atomic E-state index is 0.324.